The fraction of sp³-hybridized carbons (Fsp3) is 0.200. The van der Waals surface area contributed by atoms with Gasteiger partial charge in [-0.25, -0.2) is 4.98 Å². The summed E-state index contributed by atoms with van der Waals surface area (Å²) in [5.41, 5.74) is -1.16. The summed E-state index contributed by atoms with van der Waals surface area (Å²) in [5.74, 6) is -1.83. The average Bonchev–Trinajstić information content (AvgIpc) is 3.56. The molecule has 0 unspecified atom stereocenters. The normalized spacial score (nSPS) is 15.5. The molecule has 1 aromatic carbocycles. The van der Waals surface area contributed by atoms with Crippen LogP contribution in [0.15, 0.2) is 62.5 Å². The first-order valence-electron chi connectivity index (χ1n) is 9.09. The van der Waals surface area contributed by atoms with Gasteiger partial charge in [-0.1, -0.05) is 17.2 Å². The number of azo groups is 1. The van der Waals surface area contributed by atoms with Crippen LogP contribution < -0.4 is 10.3 Å². The molecule has 12 heteroatoms. The van der Waals surface area contributed by atoms with Crippen molar-refractivity contribution in [1.29, 1.82) is 5.26 Å². The van der Waals surface area contributed by atoms with E-state index in [1.165, 1.54) is 12.1 Å². The van der Waals surface area contributed by atoms with E-state index in [2.05, 4.69) is 15.2 Å². The Morgan fingerprint density at radius 3 is 2.59 bits per heavy atom. The van der Waals surface area contributed by atoms with Gasteiger partial charge in [0.1, 0.15) is 5.75 Å². The highest BCUT2D eigenvalue weighted by atomic mass is 35.5. The molecular weight excluding hydrogens is 451 g/mol. The number of alkyl halides is 3. The maximum absolute atomic E-state index is 13.5. The lowest BCUT2D eigenvalue weighted by atomic mass is 10.1. The molecule has 1 aliphatic heterocycles. The Balaban J connectivity index is 1.74. The minimum atomic E-state index is -4.98. The number of carbonyl (C=O) groups is 1. The molecule has 1 fully saturated rings. The van der Waals surface area contributed by atoms with Gasteiger partial charge in [-0.2, -0.15) is 18.4 Å². The highest BCUT2D eigenvalue weighted by molar-refractivity contribution is 6.30. The summed E-state index contributed by atoms with van der Waals surface area (Å²) in [6.45, 7) is -0.285. The fourth-order valence-electron chi connectivity index (χ4n) is 2.94. The van der Waals surface area contributed by atoms with Gasteiger partial charge in [0, 0.05) is 10.6 Å². The molecule has 0 radical (unpaired) electrons. The Morgan fingerprint density at radius 2 is 1.94 bits per heavy atom. The van der Waals surface area contributed by atoms with Gasteiger partial charge in [-0.15, -0.1) is 10.2 Å². The minimum absolute atomic E-state index is 0.0309. The Kier molecular flexibility index (Phi) is 5.40. The van der Waals surface area contributed by atoms with E-state index in [4.69, 9.17) is 21.6 Å². The molecule has 0 atom stereocenters. The number of nitrogens with zero attached hydrogens (tertiary/aromatic N) is 5. The second-order valence-electron chi connectivity index (χ2n) is 6.90. The van der Waals surface area contributed by atoms with Crippen LogP contribution in [-0.2, 0) is 17.5 Å². The van der Waals surface area contributed by atoms with Gasteiger partial charge >= 0.3 is 6.18 Å². The van der Waals surface area contributed by atoms with E-state index in [0.29, 0.717) is 11.9 Å². The van der Waals surface area contributed by atoms with Crippen molar-refractivity contribution >= 4 is 17.5 Å². The van der Waals surface area contributed by atoms with Crippen LogP contribution in [0, 0.1) is 11.3 Å². The molecule has 0 N–H and O–H groups in total. The molecule has 2 aromatic rings. The summed E-state index contributed by atoms with van der Waals surface area (Å²) in [7, 11) is 0. The maximum atomic E-state index is 13.5. The van der Waals surface area contributed by atoms with Crippen LogP contribution in [0.3, 0.4) is 0 Å². The molecule has 162 valence electrons. The topological polar surface area (TPSA) is 110 Å². The lowest BCUT2D eigenvalue weighted by Crippen LogP contribution is -2.27. The molecule has 2 heterocycles. The van der Waals surface area contributed by atoms with Crippen molar-refractivity contribution in [2.75, 3.05) is 0 Å². The number of aromatic nitrogens is 2. The van der Waals surface area contributed by atoms with Crippen LogP contribution in [0.1, 0.15) is 24.1 Å². The predicted octanol–water partition coefficient (Wildman–Crippen LogP) is 4.55. The summed E-state index contributed by atoms with van der Waals surface area (Å²) in [4.78, 5) is 28.0. The van der Waals surface area contributed by atoms with Gasteiger partial charge in [0.05, 0.1) is 30.2 Å². The number of nitriles is 1. The molecule has 32 heavy (non-hydrogen) atoms. The van der Waals surface area contributed by atoms with Crippen molar-refractivity contribution < 1.29 is 22.7 Å². The maximum Gasteiger partial charge on any atom is 0.437 e. The van der Waals surface area contributed by atoms with Crippen LogP contribution in [0.5, 0.6) is 11.5 Å². The lowest BCUT2D eigenvalue weighted by Gasteiger charge is -2.15. The van der Waals surface area contributed by atoms with Gasteiger partial charge in [-0.05, 0) is 37.1 Å². The van der Waals surface area contributed by atoms with Crippen LogP contribution in [0.4, 0.5) is 13.2 Å². The van der Waals surface area contributed by atoms with E-state index < -0.39 is 29.1 Å². The van der Waals surface area contributed by atoms with E-state index in [0.717, 1.165) is 35.1 Å². The van der Waals surface area contributed by atoms with Gasteiger partial charge < -0.3 is 4.74 Å². The summed E-state index contributed by atoms with van der Waals surface area (Å²) in [5, 5.41) is 16.3. The Bertz CT molecular complexity index is 1330. The summed E-state index contributed by atoms with van der Waals surface area (Å²) in [6.07, 6.45) is -1.30. The number of amides is 1. The zero-order chi connectivity index (χ0) is 23.0. The van der Waals surface area contributed by atoms with E-state index in [-0.39, 0.29) is 28.6 Å². The second kappa shape index (κ2) is 8.05. The molecule has 0 bridgehead atoms. The second-order valence-corrected chi connectivity index (χ2v) is 7.34. The standard InChI is InChI=1S/C20H11ClF3N5O3/c21-12-3-10(7-25)4-14(5-12)32-16-17(20(22,23)24)26-9-29(19(16)31)8-13-6-15(11-1-2-11)18(30)28-27-13/h3-6,9H,1-2,8H2. The number of ether oxygens (including phenoxy) is 1. The molecule has 0 spiro atoms. The van der Waals surface area contributed by atoms with E-state index in [1.807, 2.05) is 0 Å². The van der Waals surface area contributed by atoms with Gasteiger partial charge in [0.15, 0.2) is 5.69 Å². The van der Waals surface area contributed by atoms with Gasteiger partial charge in [0.25, 0.3) is 11.5 Å². The molecule has 4 rings (SSSR count). The van der Waals surface area contributed by atoms with Crippen molar-refractivity contribution in [2.45, 2.75) is 25.6 Å². The molecule has 1 saturated carbocycles. The SMILES string of the molecule is N#Cc1cc(Cl)cc(Oc2c(C(F)(F)F)ncn(CC3=CC(=C4CC4)C(=O)N=N3)c2=O)c1. The lowest BCUT2D eigenvalue weighted by molar-refractivity contribution is -0.142. The summed E-state index contributed by atoms with van der Waals surface area (Å²) < 4.78 is 46.5. The third-order valence-electron chi connectivity index (χ3n) is 4.51. The van der Waals surface area contributed by atoms with Crippen LogP contribution in [0.2, 0.25) is 5.02 Å². The zero-order valence-electron chi connectivity index (χ0n) is 16.0. The van der Waals surface area contributed by atoms with Crippen molar-refractivity contribution in [3.8, 4) is 17.6 Å². The molecule has 8 nitrogen and oxygen atoms in total. The third kappa shape index (κ3) is 4.45. The number of halogens is 4. The van der Waals surface area contributed by atoms with Crippen LogP contribution >= 0.6 is 11.6 Å². The summed E-state index contributed by atoms with van der Waals surface area (Å²) >= 11 is 5.87. The molecular formula is C20H11ClF3N5O3. The van der Waals surface area contributed by atoms with Crippen LogP contribution in [-0.4, -0.2) is 15.5 Å². The zero-order valence-corrected chi connectivity index (χ0v) is 16.7. The number of rotatable bonds is 4. The Morgan fingerprint density at radius 1 is 1.19 bits per heavy atom. The number of carbonyl (C=O) groups excluding carboxylic acids is 1. The van der Waals surface area contributed by atoms with Gasteiger partial charge in [0.2, 0.25) is 5.75 Å². The molecule has 1 aliphatic carbocycles. The molecule has 2 aliphatic rings. The smallest absolute Gasteiger partial charge is 0.437 e. The summed E-state index contributed by atoms with van der Waals surface area (Å²) in [6, 6.07) is 5.38. The van der Waals surface area contributed by atoms with E-state index in [1.54, 1.807) is 6.07 Å². The van der Waals surface area contributed by atoms with E-state index in [9.17, 15) is 22.8 Å². The van der Waals surface area contributed by atoms with E-state index >= 15 is 0 Å². The van der Waals surface area contributed by atoms with Crippen molar-refractivity contribution in [1.82, 2.24) is 9.55 Å². The number of hydrogen-bond donors (Lipinski definition) is 0. The Labute approximate surface area is 182 Å². The minimum Gasteiger partial charge on any atom is -0.449 e. The van der Waals surface area contributed by atoms with Crippen molar-refractivity contribution in [3.05, 3.63) is 74.1 Å². The molecule has 1 aromatic heterocycles. The van der Waals surface area contributed by atoms with Crippen molar-refractivity contribution in [3.63, 3.8) is 0 Å². The first-order valence-corrected chi connectivity index (χ1v) is 9.47. The quantitative estimate of drug-likeness (QED) is 0.620. The first-order chi connectivity index (χ1) is 15.2. The highest BCUT2D eigenvalue weighted by Gasteiger charge is 2.39. The molecule has 0 saturated heterocycles. The number of hydrogen-bond acceptors (Lipinski definition) is 6. The van der Waals surface area contributed by atoms with Crippen LogP contribution in [0.25, 0.3) is 0 Å². The molecule has 1 amide bonds. The largest absolute Gasteiger partial charge is 0.449 e. The fourth-order valence-corrected chi connectivity index (χ4v) is 3.16. The monoisotopic (exact) mass is 461 g/mol. The first kappa shape index (κ1) is 21.5. The number of allylic oxidation sites excluding steroid dienone is 2. The number of benzene rings is 1. The van der Waals surface area contributed by atoms with Crippen molar-refractivity contribution in [2.24, 2.45) is 10.2 Å². The third-order valence-corrected chi connectivity index (χ3v) is 4.73. The predicted molar refractivity (Wildman–Crippen MR) is 104 cm³/mol. The highest BCUT2D eigenvalue weighted by Crippen LogP contribution is 2.36. The Hall–Kier alpha value is -3.78. The average molecular weight is 462 g/mol. The van der Waals surface area contributed by atoms with Gasteiger partial charge in [-0.3, -0.25) is 14.2 Å².